The number of halogens is 1. The summed E-state index contributed by atoms with van der Waals surface area (Å²) < 4.78 is 24.0. The number of morpholine rings is 1. The van der Waals surface area contributed by atoms with Crippen LogP contribution in [0.5, 0.6) is 5.75 Å². The van der Waals surface area contributed by atoms with Crippen molar-refractivity contribution >= 4 is 5.91 Å². The van der Waals surface area contributed by atoms with Crippen molar-refractivity contribution in [2.75, 3.05) is 33.4 Å². The van der Waals surface area contributed by atoms with Crippen LogP contribution in [0.4, 0.5) is 4.39 Å². The fourth-order valence-corrected chi connectivity index (χ4v) is 1.98. The van der Waals surface area contributed by atoms with Crippen LogP contribution in [0, 0.1) is 5.82 Å². The summed E-state index contributed by atoms with van der Waals surface area (Å²) in [7, 11) is 1.43. The monoisotopic (exact) mass is 269 g/mol. The number of ether oxygens (including phenoxy) is 2. The molecule has 19 heavy (non-hydrogen) atoms. The summed E-state index contributed by atoms with van der Waals surface area (Å²) in [5.41, 5.74) is -0.000565. The van der Waals surface area contributed by atoms with Crippen LogP contribution in [-0.4, -0.2) is 55.4 Å². The Hall–Kier alpha value is -1.66. The van der Waals surface area contributed by atoms with Crippen LogP contribution in [0.25, 0.3) is 0 Å². The molecule has 0 saturated carbocycles. The SMILES string of the molecule is COc1ccc(C(=O)N2CCOC(CO)C2)c(F)c1. The van der Waals surface area contributed by atoms with E-state index in [1.165, 1.54) is 24.1 Å². The summed E-state index contributed by atoms with van der Waals surface area (Å²) in [5.74, 6) is -0.650. The van der Waals surface area contributed by atoms with Crippen molar-refractivity contribution in [2.45, 2.75) is 6.10 Å². The minimum atomic E-state index is -0.614. The van der Waals surface area contributed by atoms with E-state index in [4.69, 9.17) is 14.6 Å². The van der Waals surface area contributed by atoms with Crippen LogP contribution in [0.3, 0.4) is 0 Å². The lowest BCUT2D eigenvalue weighted by atomic mass is 10.1. The molecule has 0 spiro atoms. The number of methoxy groups -OCH3 is 1. The van der Waals surface area contributed by atoms with Crippen molar-refractivity contribution in [3.63, 3.8) is 0 Å². The van der Waals surface area contributed by atoms with Gasteiger partial charge in [0.2, 0.25) is 0 Å². The van der Waals surface area contributed by atoms with Crippen molar-refractivity contribution in [3.05, 3.63) is 29.6 Å². The van der Waals surface area contributed by atoms with Gasteiger partial charge >= 0.3 is 0 Å². The number of aliphatic hydroxyl groups is 1. The van der Waals surface area contributed by atoms with Gasteiger partial charge in [-0.05, 0) is 12.1 Å². The number of aliphatic hydroxyl groups excluding tert-OH is 1. The molecule has 1 aromatic rings. The van der Waals surface area contributed by atoms with E-state index in [0.717, 1.165) is 0 Å². The Kier molecular flexibility index (Phi) is 4.34. The third kappa shape index (κ3) is 3.02. The fourth-order valence-electron chi connectivity index (χ4n) is 1.98. The van der Waals surface area contributed by atoms with E-state index >= 15 is 0 Å². The predicted octanol–water partition coefficient (Wildman–Crippen LogP) is 0.668. The van der Waals surface area contributed by atoms with Crippen LogP contribution >= 0.6 is 0 Å². The lowest BCUT2D eigenvalue weighted by Gasteiger charge is -2.32. The van der Waals surface area contributed by atoms with Crippen molar-refractivity contribution in [2.24, 2.45) is 0 Å². The minimum Gasteiger partial charge on any atom is -0.497 e. The first kappa shape index (κ1) is 13.8. The summed E-state index contributed by atoms with van der Waals surface area (Å²) >= 11 is 0. The van der Waals surface area contributed by atoms with Crippen LogP contribution in [0.15, 0.2) is 18.2 Å². The van der Waals surface area contributed by atoms with Gasteiger partial charge in [0.15, 0.2) is 0 Å². The number of hydrogen-bond acceptors (Lipinski definition) is 4. The summed E-state index contributed by atoms with van der Waals surface area (Å²) in [6.45, 7) is 0.839. The number of carbonyl (C=O) groups is 1. The maximum absolute atomic E-state index is 13.8. The van der Waals surface area contributed by atoms with Gasteiger partial charge in [-0.2, -0.15) is 0 Å². The summed E-state index contributed by atoms with van der Waals surface area (Å²) in [5, 5.41) is 9.03. The molecule has 0 bridgehead atoms. The number of rotatable bonds is 3. The molecule has 1 atom stereocenters. The smallest absolute Gasteiger partial charge is 0.257 e. The maximum Gasteiger partial charge on any atom is 0.257 e. The van der Waals surface area contributed by atoms with Gasteiger partial charge in [0, 0.05) is 19.2 Å². The van der Waals surface area contributed by atoms with Gasteiger partial charge in [0.05, 0.1) is 32.0 Å². The maximum atomic E-state index is 13.8. The second kappa shape index (κ2) is 5.99. The quantitative estimate of drug-likeness (QED) is 0.876. The lowest BCUT2D eigenvalue weighted by molar-refractivity contribution is -0.0448. The van der Waals surface area contributed by atoms with E-state index in [1.807, 2.05) is 0 Å². The summed E-state index contributed by atoms with van der Waals surface area (Å²) in [6, 6.07) is 4.12. The molecule has 0 aliphatic carbocycles. The van der Waals surface area contributed by atoms with Gasteiger partial charge in [0.1, 0.15) is 11.6 Å². The van der Waals surface area contributed by atoms with Crippen LogP contribution < -0.4 is 4.74 Å². The zero-order valence-electron chi connectivity index (χ0n) is 10.6. The molecule has 0 radical (unpaired) electrons. The van der Waals surface area contributed by atoms with Crippen LogP contribution in [0.2, 0.25) is 0 Å². The molecule has 1 amide bonds. The van der Waals surface area contributed by atoms with Crippen molar-refractivity contribution in [1.82, 2.24) is 4.90 Å². The molecule has 0 aromatic heterocycles. The summed E-state index contributed by atoms with van der Waals surface area (Å²) in [4.78, 5) is 13.7. The Morgan fingerprint density at radius 2 is 2.42 bits per heavy atom. The zero-order chi connectivity index (χ0) is 13.8. The highest BCUT2D eigenvalue weighted by atomic mass is 19.1. The number of nitrogens with zero attached hydrogens (tertiary/aromatic N) is 1. The first-order chi connectivity index (χ1) is 9.15. The first-order valence-corrected chi connectivity index (χ1v) is 6.01. The van der Waals surface area contributed by atoms with Crippen molar-refractivity contribution in [1.29, 1.82) is 0 Å². The number of carbonyl (C=O) groups excluding carboxylic acids is 1. The molecule has 1 heterocycles. The van der Waals surface area contributed by atoms with E-state index in [1.54, 1.807) is 6.07 Å². The largest absolute Gasteiger partial charge is 0.497 e. The Balaban J connectivity index is 2.15. The van der Waals surface area contributed by atoms with Gasteiger partial charge in [-0.3, -0.25) is 4.79 Å². The molecule has 1 aromatic carbocycles. The number of amides is 1. The van der Waals surface area contributed by atoms with Gasteiger partial charge in [-0.1, -0.05) is 0 Å². The molecule has 1 N–H and O–H groups in total. The lowest BCUT2D eigenvalue weighted by Crippen LogP contribution is -2.47. The highest BCUT2D eigenvalue weighted by molar-refractivity contribution is 5.94. The minimum absolute atomic E-state index is 0.000565. The molecule has 1 unspecified atom stereocenters. The molecule has 1 aliphatic heterocycles. The normalized spacial score (nSPS) is 19.3. The standard InChI is InChI=1S/C13H16FNO4/c1-18-9-2-3-11(12(14)6-9)13(17)15-4-5-19-10(7-15)8-16/h2-3,6,10,16H,4-5,7-8H2,1H3. The molecule has 5 nitrogen and oxygen atoms in total. The molecule has 1 fully saturated rings. The zero-order valence-corrected chi connectivity index (χ0v) is 10.6. The van der Waals surface area contributed by atoms with E-state index in [-0.39, 0.29) is 18.7 Å². The van der Waals surface area contributed by atoms with E-state index in [0.29, 0.717) is 18.9 Å². The second-order valence-electron chi connectivity index (χ2n) is 4.27. The average Bonchev–Trinajstić information content (AvgIpc) is 2.46. The highest BCUT2D eigenvalue weighted by Gasteiger charge is 2.26. The summed E-state index contributed by atoms with van der Waals surface area (Å²) in [6.07, 6.45) is -0.404. The molecular weight excluding hydrogens is 253 g/mol. The van der Waals surface area contributed by atoms with E-state index < -0.39 is 17.8 Å². The fraction of sp³-hybridized carbons (Fsp3) is 0.462. The van der Waals surface area contributed by atoms with E-state index in [2.05, 4.69) is 0 Å². The average molecular weight is 269 g/mol. The third-order valence-corrected chi connectivity index (χ3v) is 3.04. The molecule has 2 rings (SSSR count). The van der Waals surface area contributed by atoms with Gasteiger partial charge < -0.3 is 19.5 Å². The molecule has 6 heteroatoms. The Morgan fingerprint density at radius 1 is 1.63 bits per heavy atom. The highest BCUT2D eigenvalue weighted by Crippen LogP contribution is 2.19. The van der Waals surface area contributed by atoms with E-state index in [9.17, 15) is 9.18 Å². The second-order valence-corrected chi connectivity index (χ2v) is 4.27. The predicted molar refractivity (Wildman–Crippen MR) is 65.7 cm³/mol. The third-order valence-electron chi connectivity index (χ3n) is 3.04. The number of benzene rings is 1. The Bertz CT molecular complexity index is 466. The Morgan fingerprint density at radius 3 is 3.05 bits per heavy atom. The first-order valence-electron chi connectivity index (χ1n) is 6.01. The van der Waals surface area contributed by atoms with Crippen molar-refractivity contribution in [3.8, 4) is 5.75 Å². The van der Waals surface area contributed by atoms with Crippen LogP contribution in [-0.2, 0) is 4.74 Å². The van der Waals surface area contributed by atoms with Gasteiger partial charge in [-0.15, -0.1) is 0 Å². The topological polar surface area (TPSA) is 59.0 Å². The van der Waals surface area contributed by atoms with Gasteiger partial charge in [-0.25, -0.2) is 4.39 Å². The van der Waals surface area contributed by atoms with Crippen molar-refractivity contribution < 1.29 is 23.8 Å². The van der Waals surface area contributed by atoms with Crippen LogP contribution in [0.1, 0.15) is 10.4 Å². The number of hydrogen-bond donors (Lipinski definition) is 1. The molecule has 1 saturated heterocycles. The molecule has 1 aliphatic rings. The van der Waals surface area contributed by atoms with Gasteiger partial charge in [0.25, 0.3) is 5.91 Å². The molecule has 104 valence electrons. The molecular formula is C13H16FNO4. The Labute approximate surface area is 110 Å².